The van der Waals surface area contributed by atoms with E-state index < -0.39 is 0 Å². The average molecular weight is 207 g/mol. The lowest BCUT2D eigenvalue weighted by Crippen LogP contribution is -2.33. The SMILES string of the molecule is CCNC1CCCC(c2ccn(C)n2)C1. The highest BCUT2D eigenvalue weighted by atomic mass is 15.2. The molecule has 0 spiro atoms. The van der Waals surface area contributed by atoms with Gasteiger partial charge in [-0.15, -0.1) is 0 Å². The summed E-state index contributed by atoms with van der Waals surface area (Å²) in [6.45, 7) is 3.27. The van der Waals surface area contributed by atoms with Crippen molar-refractivity contribution in [3.8, 4) is 0 Å². The Labute approximate surface area is 91.9 Å². The molecule has 15 heavy (non-hydrogen) atoms. The minimum absolute atomic E-state index is 0.670. The van der Waals surface area contributed by atoms with Gasteiger partial charge >= 0.3 is 0 Å². The molecule has 1 aliphatic rings. The summed E-state index contributed by atoms with van der Waals surface area (Å²) in [4.78, 5) is 0. The lowest BCUT2D eigenvalue weighted by atomic mass is 9.84. The molecule has 1 saturated carbocycles. The van der Waals surface area contributed by atoms with E-state index in [0.29, 0.717) is 12.0 Å². The van der Waals surface area contributed by atoms with E-state index in [1.54, 1.807) is 0 Å². The maximum absolute atomic E-state index is 4.52. The lowest BCUT2D eigenvalue weighted by molar-refractivity contribution is 0.339. The van der Waals surface area contributed by atoms with Crippen LogP contribution < -0.4 is 5.32 Å². The van der Waals surface area contributed by atoms with Gasteiger partial charge in [0.2, 0.25) is 0 Å². The van der Waals surface area contributed by atoms with Crippen molar-refractivity contribution in [3.63, 3.8) is 0 Å². The van der Waals surface area contributed by atoms with Crippen molar-refractivity contribution in [2.45, 2.75) is 44.6 Å². The van der Waals surface area contributed by atoms with Gasteiger partial charge in [-0.2, -0.15) is 5.10 Å². The highest BCUT2D eigenvalue weighted by Gasteiger charge is 2.23. The molecule has 1 aromatic rings. The van der Waals surface area contributed by atoms with Crippen LogP contribution in [0.2, 0.25) is 0 Å². The third-order valence-corrected chi connectivity index (χ3v) is 3.32. The Morgan fingerprint density at radius 1 is 1.53 bits per heavy atom. The van der Waals surface area contributed by atoms with Crippen molar-refractivity contribution in [2.75, 3.05) is 6.54 Å². The number of rotatable bonds is 3. The molecule has 84 valence electrons. The summed E-state index contributed by atoms with van der Waals surface area (Å²) in [6.07, 6.45) is 7.27. The minimum Gasteiger partial charge on any atom is -0.314 e. The van der Waals surface area contributed by atoms with Crippen LogP contribution in [0.15, 0.2) is 12.3 Å². The predicted molar refractivity (Wildman–Crippen MR) is 61.9 cm³/mol. The lowest BCUT2D eigenvalue weighted by Gasteiger charge is -2.28. The third kappa shape index (κ3) is 2.59. The Morgan fingerprint density at radius 2 is 2.40 bits per heavy atom. The van der Waals surface area contributed by atoms with Gasteiger partial charge in [0, 0.05) is 25.2 Å². The first kappa shape index (κ1) is 10.7. The van der Waals surface area contributed by atoms with E-state index in [4.69, 9.17) is 0 Å². The second-order valence-corrected chi connectivity index (χ2v) is 4.53. The summed E-state index contributed by atoms with van der Waals surface area (Å²) in [7, 11) is 1.99. The van der Waals surface area contributed by atoms with Crippen LogP contribution in [0.3, 0.4) is 0 Å². The van der Waals surface area contributed by atoms with Gasteiger partial charge in [-0.3, -0.25) is 4.68 Å². The quantitative estimate of drug-likeness (QED) is 0.822. The van der Waals surface area contributed by atoms with Crippen LogP contribution in [-0.2, 0) is 7.05 Å². The van der Waals surface area contributed by atoms with Gasteiger partial charge in [0.1, 0.15) is 0 Å². The van der Waals surface area contributed by atoms with Crippen LogP contribution in [0, 0.1) is 0 Å². The van der Waals surface area contributed by atoms with Crippen molar-refractivity contribution in [1.82, 2.24) is 15.1 Å². The third-order valence-electron chi connectivity index (χ3n) is 3.32. The van der Waals surface area contributed by atoms with Gasteiger partial charge in [-0.1, -0.05) is 13.3 Å². The summed E-state index contributed by atoms with van der Waals surface area (Å²) >= 11 is 0. The molecule has 1 N–H and O–H groups in total. The molecule has 2 atom stereocenters. The molecular formula is C12H21N3. The first-order valence-electron chi connectivity index (χ1n) is 6.02. The largest absolute Gasteiger partial charge is 0.314 e. The molecule has 0 radical (unpaired) electrons. The number of aryl methyl sites for hydroxylation is 1. The molecule has 0 aromatic carbocycles. The zero-order chi connectivity index (χ0) is 10.7. The van der Waals surface area contributed by atoms with Crippen molar-refractivity contribution in [1.29, 1.82) is 0 Å². The molecule has 2 rings (SSSR count). The summed E-state index contributed by atoms with van der Waals surface area (Å²) in [5.74, 6) is 0.670. The van der Waals surface area contributed by atoms with Gasteiger partial charge in [0.25, 0.3) is 0 Å². The molecule has 3 heteroatoms. The molecule has 1 aliphatic carbocycles. The Balaban J connectivity index is 1.98. The monoisotopic (exact) mass is 207 g/mol. The fourth-order valence-corrected chi connectivity index (χ4v) is 2.58. The van der Waals surface area contributed by atoms with Crippen LogP contribution in [0.5, 0.6) is 0 Å². The van der Waals surface area contributed by atoms with E-state index in [2.05, 4.69) is 23.4 Å². The van der Waals surface area contributed by atoms with Gasteiger partial charge in [-0.25, -0.2) is 0 Å². The Bertz CT molecular complexity index is 304. The molecule has 1 aromatic heterocycles. The summed E-state index contributed by atoms with van der Waals surface area (Å²) < 4.78 is 1.91. The molecule has 1 fully saturated rings. The fourth-order valence-electron chi connectivity index (χ4n) is 2.58. The number of nitrogens with one attached hydrogen (secondary N) is 1. The maximum atomic E-state index is 4.52. The predicted octanol–water partition coefficient (Wildman–Crippen LogP) is 2.06. The van der Waals surface area contributed by atoms with Crippen LogP contribution in [0.25, 0.3) is 0 Å². The first-order valence-corrected chi connectivity index (χ1v) is 6.02. The number of hydrogen-bond acceptors (Lipinski definition) is 2. The van der Waals surface area contributed by atoms with E-state index >= 15 is 0 Å². The summed E-state index contributed by atoms with van der Waals surface area (Å²) in [5, 5.41) is 8.07. The number of nitrogens with zero attached hydrogens (tertiary/aromatic N) is 2. The smallest absolute Gasteiger partial charge is 0.0655 e. The highest BCUT2D eigenvalue weighted by Crippen LogP contribution is 2.31. The fraction of sp³-hybridized carbons (Fsp3) is 0.750. The molecule has 1 heterocycles. The van der Waals surface area contributed by atoms with Crippen molar-refractivity contribution < 1.29 is 0 Å². The average Bonchev–Trinajstić information content (AvgIpc) is 2.66. The van der Waals surface area contributed by atoms with Crippen LogP contribution in [0.4, 0.5) is 0 Å². The summed E-state index contributed by atoms with van der Waals surface area (Å²) in [5.41, 5.74) is 1.28. The van der Waals surface area contributed by atoms with Gasteiger partial charge in [-0.05, 0) is 31.9 Å². The van der Waals surface area contributed by atoms with Gasteiger partial charge < -0.3 is 5.32 Å². The van der Waals surface area contributed by atoms with Crippen molar-refractivity contribution >= 4 is 0 Å². The van der Waals surface area contributed by atoms with Gasteiger partial charge in [0.15, 0.2) is 0 Å². The van der Waals surface area contributed by atoms with E-state index in [1.807, 2.05) is 17.9 Å². The van der Waals surface area contributed by atoms with Crippen LogP contribution in [-0.4, -0.2) is 22.4 Å². The Hall–Kier alpha value is -0.830. The number of hydrogen-bond donors (Lipinski definition) is 1. The maximum Gasteiger partial charge on any atom is 0.0655 e. The van der Waals surface area contributed by atoms with Crippen molar-refractivity contribution in [3.05, 3.63) is 18.0 Å². The van der Waals surface area contributed by atoms with Crippen LogP contribution >= 0.6 is 0 Å². The molecule has 3 nitrogen and oxygen atoms in total. The second kappa shape index (κ2) is 4.79. The Morgan fingerprint density at radius 3 is 3.07 bits per heavy atom. The van der Waals surface area contributed by atoms with E-state index in [9.17, 15) is 0 Å². The second-order valence-electron chi connectivity index (χ2n) is 4.53. The standard InChI is InChI=1S/C12H21N3/c1-3-13-11-6-4-5-10(9-11)12-7-8-15(2)14-12/h7-8,10-11,13H,3-6,9H2,1-2H3. The zero-order valence-corrected chi connectivity index (χ0v) is 9.74. The summed E-state index contributed by atoms with van der Waals surface area (Å²) in [6, 6.07) is 2.87. The Kier molecular flexibility index (Phi) is 3.41. The molecule has 0 aliphatic heterocycles. The number of aromatic nitrogens is 2. The first-order chi connectivity index (χ1) is 7.29. The normalized spacial score (nSPS) is 26.8. The highest BCUT2D eigenvalue weighted by molar-refractivity contribution is 5.08. The molecule has 0 saturated heterocycles. The molecular weight excluding hydrogens is 186 g/mol. The van der Waals surface area contributed by atoms with Crippen LogP contribution in [0.1, 0.15) is 44.2 Å². The topological polar surface area (TPSA) is 29.9 Å². The van der Waals surface area contributed by atoms with Gasteiger partial charge in [0.05, 0.1) is 5.69 Å². The molecule has 2 unspecified atom stereocenters. The van der Waals surface area contributed by atoms with E-state index in [-0.39, 0.29) is 0 Å². The van der Waals surface area contributed by atoms with E-state index in [0.717, 1.165) is 6.54 Å². The molecule has 0 amide bonds. The minimum atomic E-state index is 0.670. The zero-order valence-electron chi connectivity index (χ0n) is 9.74. The molecule has 0 bridgehead atoms. The van der Waals surface area contributed by atoms with Crippen molar-refractivity contribution in [2.24, 2.45) is 7.05 Å². The van der Waals surface area contributed by atoms with E-state index in [1.165, 1.54) is 31.4 Å².